The Hall–Kier alpha value is -0.550. The molecule has 14 heavy (non-hydrogen) atoms. The van der Waals surface area contributed by atoms with E-state index in [9.17, 15) is 0 Å². The third-order valence-corrected chi connectivity index (χ3v) is 3.81. The Balaban J connectivity index is 1.74. The second-order valence-electron chi connectivity index (χ2n) is 3.73. The fraction of sp³-hybridized carbons (Fsp3) is 0.778. The first-order valence-electron chi connectivity index (χ1n) is 5.02. The van der Waals surface area contributed by atoms with Crippen LogP contribution in [-0.2, 0) is 0 Å². The zero-order valence-electron chi connectivity index (χ0n) is 8.36. The molecule has 0 amide bonds. The minimum Gasteiger partial charge on any atom is -0.307 e. The smallest absolute Gasteiger partial charge is 0.141 e. The number of rotatable bonds is 4. The van der Waals surface area contributed by atoms with E-state index in [4.69, 9.17) is 0 Å². The van der Waals surface area contributed by atoms with Gasteiger partial charge in [-0.3, -0.25) is 5.10 Å². The molecule has 0 aromatic carbocycles. The van der Waals surface area contributed by atoms with Crippen LogP contribution < -0.4 is 5.32 Å². The lowest BCUT2D eigenvalue weighted by molar-refractivity contribution is 0.466. The highest BCUT2D eigenvalue weighted by molar-refractivity contribution is 7.99. The summed E-state index contributed by atoms with van der Waals surface area (Å²) in [6.45, 7) is 3.21. The van der Waals surface area contributed by atoms with Gasteiger partial charge in [0.25, 0.3) is 0 Å². The van der Waals surface area contributed by atoms with Crippen LogP contribution in [0, 0.1) is 5.92 Å². The van der Waals surface area contributed by atoms with E-state index in [1.165, 1.54) is 17.9 Å². The van der Waals surface area contributed by atoms with Crippen molar-refractivity contribution in [2.45, 2.75) is 19.4 Å². The van der Waals surface area contributed by atoms with Gasteiger partial charge in [0.15, 0.2) is 0 Å². The SMILES string of the molecule is CC(NCC1CCSC1)c1ncn[nH]1. The van der Waals surface area contributed by atoms with Gasteiger partial charge in [0.05, 0.1) is 6.04 Å². The molecule has 4 nitrogen and oxygen atoms in total. The van der Waals surface area contributed by atoms with Crippen LogP contribution in [0.25, 0.3) is 0 Å². The number of thioether (sulfide) groups is 1. The van der Waals surface area contributed by atoms with Gasteiger partial charge in [-0.15, -0.1) is 0 Å². The molecule has 5 heteroatoms. The Morgan fingerprint density at radius 1 is 1.79 bits per heavy atom. The van der Waals surface area contributed by atoms with Crippen molar-refractivity contribution < 1.29 is 0 Å². The lowest BCUT2D eigenvalue weighted by Crippen LogP contribution is -2.26. The van der Waals surface area contributed by atoms with E-state index < -0.39 is 0 Å². The second kappa shape index (κ2) is 4.79. The predicted octanol–water partition coefficient (Wildman–Crippen LogP) is 1.21. The van der Waals surface area contributed by atoms with E-state index in [1.54, 1.807) is 6.33 Å². The number of H-pyrrole nitrogens is 1. The van der Waals surface area contributed by atoms with E-state index in [-0.39, 0.29) is 6.04 Å². The molecule has 2 rings (SSSR count). The molecule has 78 valence electrons. The molecule has 0 spiro atoms. The zero-order valence-corrected chi connectivity index (χ0v) is 9.18. The molecule has 1 aliphatic rings. The number of nitrogens with zero attached hydrogens (tertiary/aromatic N) is 2. The molecule has 2 N–H and O–H groups in total. The molecular weight excluding hydrogens is 196 g/mol. The van der Waals surface area contributed by atoms with Crippen molar-refractivity contribution in [2.24, 2.45) is 5.92 Å². The van der Waals surface area contributed by atoms with Crippen molar-refractivity contribution >= 4 is 11.8 Å². The molecule has 1 fully saturated rings. The first kappa shape index (κ1) is 9.98. The molecule has 1 aromatic rings. The lowest BCUT2D eigenvalue weighted by atomic mass is 10.1. The summed E-state index contributed by atoms with van der Waals surface area (Å²) >= 11 is 2.06. The predicted molar refractivity (Wildman–Crippen MR) is 58.2 cm³/mol. The standard InChI is InChI=1S/C9H16N4S/c1-7(9-11-6-12-13-9)10-4-8-2-3-14-5-8/h6-8,10H,2-5H2,1H3,(H,11,12,13). The molecule has 0 bridgehead atoms. The third-order valence-electron chi connectivity index (χ3n) is 2.58. The van der Waals surface area contributed by atoms with E-state index in [2.05, 4.69) is 39.2 Å². The van der Waals surface area contributed by atoms with Gasteiger partial charge in [-0.05, 0) is 37.3 Å². The fourth-order valence-electron chi connectivity index (χ4n) is 1.61. The number of hydrogen-bond acceptors (Lipinski definition) is 4. The topological polar surface area (TPSA) is 53.6 Å². The Bertz CT molecular complexity index is 256. The van der Waals surface area contributed by atoms with E-state index >= 15 is 0 Å². The van der Waals surface area contributed by atoms with Gasteiger partial charge < -0.3 is 5.32 Å². The Morgan fingerprint density at radius 3 is 3.36 bits per heavy atom. The average molecular weight is 212 g/mol. The molecule has 0 aliphatic carbocycles. The first-order chi connectivity index (χ1) is 6.86. The van der Waals surface area contributed by atoms with Crippen molar-refractivity contribution in [3.8, 4) is 0 Å². The largest absolute Gasteiger partial charge is 0.307 e. The maximum Gasteiger partial charge on any atom is 0.141 e. The van der Waals surface area contributed by atoms with Gasteiger partial charge in [-0.1, -0.05) is 0 Å². The Morgan fingerprint density at radius 2 is 2.71 bits per heavy atom. The average Bonchev–Trinajstić information content (AvgIpc) is 2.87. The van der Waals surface area contributed by atoms with Crippen LogP contribution in [0.5, 0.6) is 0 Å². The minimum absolute atomic E-state index is 0.281. The van der Waals surface area contributed by atoms with Crippen LogP contribution in [-0.4, -0.2) is 33.2 Å². The van der Waals surface area contributed by atoms with Crippen molar-refractivity contribution in [2.75, 3.05) is 18.1 Å². The molecule has 2 heterocycles. The van der Waals surface area contributed by atoms with Gasteiger partial charge in [0.1, 0.15) is 12.2 Å². The summed E-state index contributed by atoms with van der Waals surface area (Å²) in [6.07, 6.45) is 2.90. The molecule has 0 radical (unpaired) electrons. The highest BCUT2D eigenvalue weighted by atomic mass is 32.2. The number of aromatic nitrogens is 3. The Kier molecular flexibility index (Phi) is 3.42. The summed E-state index contributed by atoms with van der Waals surface area (Å²) in [4.78, 5) is 4.13. The zero-order chi connectivity index (χ0) is 9.80. The summed E-state index contributed by atoms with van der Waals surface area (Å²) in [7, 11) is 0. The molecule has 0 saturated carbocycles. The molecule has 2 unspecified atom stereocenters. The van der Waals surface area contributed by atoms with E-state index in [1.807, 2.05) is 0 Å². The molecule has 1 aromatic heterocycles. The van der Waals surface area contributed by atoms with Gasteiger partial charge in [-0.2, -0.15) is 16.9 Å². The molecule has 2 atom stereocenters. The summed E-state index contributed by atoms with van der Waals surface area (Å²) in [5, 5.41) is 10.2. The van der Waals surface area contributed by atoms with Crippen molar-refractivity contribution in [1.29, 1.82) is 0 Å². The maximum absolute atomic E-state index is 4.13. The van der Waals surface area contributed by atoms with Gasteiger partial charge in [0, 0.05) is 0 Å². The van der Waals surface area contributed by atoms with Gasteiger partial charge >= 0.3 is 0 Å². The van der Waals surface area contributed by atoms with E-state index in [0.29, 0.717) is 0 Å². The number of aromatic amines is 1. The lowest BCUT2D eigenvalue weighted by Gasteiger charge is -2.14. The molecule has 1 saturated heterocycles. The highest BCUT2D eigenvalue weighted by Gasteiger charge is 2.16. The summed E-state index contributed by atoms with van der Waals surface area (Å²) < 4.78 is 0. The van der Waals surface area contributed by atoms with Gasteiger partial charge in [0.2, 0.25) is 0 Å². The summed E-state index contributed by atoms with van der Waals surface area (Å²) in [6, 6.07) is 0.281. The van der Waals surface area contributed by atoms with Crippen molar-refractivity contribution in [3.05, 3.63) is 12.2 Å². The summed E-state index contributed by atoms with van der Waals surface area (Å²) in [5.74, 6) is 4.39. The molecule has 1 aliphatic heterocycles. The minimum atomic E-state index is 0.281. The molecular formula is C9H16N4S. The Labute approximate surface area is 88.3 Å². The normalized spacial score (nSPS) is 23.9. The van der Waals surface area contributed by atoms with Crippen LogP contribution in [0.4, 0.5) is 0 Å². The number of hydrogen-bond donors (Lipinski definition) is 2. The van der Waals surface area contributed by atoms with Crippen LogP contribution >= 0.6 is 11.8 Å². The van der Waals surface area contributed by atoms with Crippen LogP contribution in [0.2, 0.25) is 0 Å². The fourth-order valence-corrected chi connectivity index (χ4v) is 2.89. The highest BCUT2D eigenvalue weighted by Crippen LogP contribution is 2.23. The van der Waals surface area contributed by atoms with Crippen molar-refractivity contribution in [1.82, 2.24) is 20.5 Å². The second-order valence-corrected chi connectivity index (χ2v) is 4.88. The third kappa shape index (κ3) is 2.48. The quantitative estimate of drug-likeness (QED) is 0.787. The van der Waals surface area contributed by atoms with Gasteiger partial charge in [-0.25, -0.2) is 4.98 Å². The van der Waals surface area contributed by atoms with Crippen LogP contribution in [0.3, 0.4) is 0 Å². The van der Waals surface area contributed by atoms with Crippen molar-refractivity contribution in [3.63, 3.8) is 0 Å². The monoisotopic (exact) mass is 212 g/mol. The number of nitrogens with one attached hydrogen (secondary N) is 2. The van der Waals surface area contributed by atoms with Crippen LogP contribution in [0.1, 0.15) is 25.2 Å². The summed E-state index contributed by atoms with van der Waals surface area (Å²) in [5.41, 5.74) is 0. The van der Waals surface area contributed by atoms with E-state index in [0.717, 1.165) is 18.3 Å². The first-order valence-corrected chi connectivity index (χ1v) is 6.18. The maximum atomic E-state index is 4.13. The van der Waals surface area contributed by atoms with Crippen LogP contribution in [0.15, 0.2) is 6.33 Å².